The third kappa shape index (κ3) is 1.38. The van der Waals surface area contributed by atoms with E-state index in [-0.39, 0.29) is 5.88 Å². The number of nitrogens with zero attached hydrogens (tertiary/aromatic N) is 1. The maximum absolute atomic E-state index is 9.03. The Kier molecular flexibility index (Phi) is 2.64. The van der Waals surface area contributed by atoms with Crippen molar-refractivity contribution in [2.24, 2.45) is 0 Å². The maximum atomic E-state index is 9.03. The van der Waals surface area contributed by atoms with E-state index in [1.165, 1.54) is 11.3 Å². The van der Waals surface area contributed by atoms with E-state index in [0.29, 0.717) is 10.6 Å². The maximum Gasteiger partial charge on any atom is 0.101 e. The lowest BCUT2D eigenvalue weighted by molar-refractivity contribution is 1.38. The van der Waals surface area contributed by atoms with Crippen molar-refractivity contribution in [2.75, 3.05) is 0 Å². The van der Waals surface area contributed by atoms with Gasteiger partial charge in [0, 0.05) is 10.6 Å². The van der Waals surface area contributed by atoms with E-state index in [9.17, 15) is 0 Å². The van der Waals surface area contributed by atoms with Crippen LogP contribution in [0, 0.1) is 11.3 Å². The first-order chi connectivity index (χ1) is 6.77. The molecule has 0 amide bonds. The quantitative estimate of drug-likeness (QED) is 0.688. The third-order valence-corrected chi connectivity index (χ3v) is 3.59. The van der Waals surface area contributed by atoms with Gasteiger partial charge in [0.05, 0.1) is 16.1 Å². The molecule has 0 N–H and O–H groups in total. The van der Waals surface area contributed by atoms with Crippen LogP contribution in [0.5, 0.6) is 0 Å². The van der Waals surface area contributed by atoms with E-state index in [4.69, 9.17) is 28.5 Å². The van der Waals surface area contributed by atoms with Gasteiger partial charge in [-0.1, -0.05) is 11.6 Å². The molecular formula is C10H5Cl2NS. The molecule has 0 aliphatic heterocycles. The Labute approximate surface area is 95.5 Å². The van der Waals surface area contributed by atoms with Crippen molar-refractivity contribution < 1.29 is 0 Å². The summed E-state index contributed by atoms with van der Waals surface area (Å²) < 4.78 is 0.965. The average molecular weight is 242 g/mol. The summed E-state index contributed by atoms with van der Waals surface area (Å²) in [6.07, 6.45) is 0. The van der Waals surface area contributed by atoms with E-state index in [2.05, 4.69) is 6.07 Å². The summed E-state index contributed by atoms with van der Waals surface area (Å²) in [7, 11) is 0. The fourth-order valence-electron chi connectivity index (χ4n) is 1.37. The van der Waals surface area contributed by atoms with Crippen molar-refractivity contribution in [3.05, 3.63) is 33.7 Å². The standard InChI is InChI=1S/C10H5Cl2NS/c11-4-7-8(5-13)10-6(1-2-14-10)3-9(7)12/h1-3H,4H2. The van der Waals surface area contributed by atoms with Gasteiger partial charge in [-0.2, -0.15) is 5.26 Å². The zero-order valence-electron chi connectivity index (χ0n) is 7.05. The van der Waals surface area contributed by atoms with Crippen LogP contribution < -0.4 is 0 Å². The number of hydrogen-bond acceptors (Lipinski definition) is 2. The molecule has 0 radical (unpaired) electrons. The molecule has 0 bridgehead atoms. The van der Waals surface area contributed by atoms with E-state index in [0.717, 1.165) is 15.6 Å². The van der Waals surface area contributed by atoms with Crippen LogP contribution in [-0.4, -0.2) is 0 Å². The van der Waals surface area contributed by atoms with Crippen LogP contribution in [0.25, 0.3) is 10.1 Å². The lowest BCUT2D eigenvalue weighted by Gasteiger charge is -2.03. The molecule has 0 unspecified atom stereocenters. The molecule has 70 valence electrons. The normalized spacial score (nSPS) is 10.4. The highest BCUT2D eigenvalue weighted by atomic mass is 35.5. The first-order valence-electron chi connectivity index (χ1n) is 3.92. The topological polar surface area (TPSA) is 23.8 Å². The molecule has 0 spiro atoms. The van der Waals surface area contributed by atoms with Crippen LogP contribution >= 0.6 is 34.5 Å². The second-order valence-corrected chi connectivity index (χ2v) is 4.39. The predicted molar refractivity (Wildman–Crippen MR) is 61.1 cm³/mol. The highest BCUT2D eigenvalue weighted by Gasteiger charge is 2.11. The minimum Gasteiger partial charge on any atom is -0.192 e. The predicted octanol–water partition coefficient (Wildman–Crippen LogP) is 4.17. The SMILES string of the molecule is N#Cc1c(CCl)c(Cl)cc2ccsc12. The van der Waals surface area contributed by atoms with Gasteiger partial charge in [0.1, 0.15) is 6.07 Å². The van der Waals surface area contributed by atoms with Gasteiger partial charge >= 0.3 is 0 Å². The first kappa shape index (κ1) is 9.79. The fraction of sp³-hybridized carbons (Fsp3) is 0.100. The minimum atomic E-state index is 0.273. The fourth-order valence-corrected chi connectivity index (χ4v) is 2.89. The number of alkyl halides is 1. The number of nitriles is 1. The molecule has 0 fully saturated rings. The van der Waals surface area contributed by atoms with Crippen LogP contribution in [0.3, 0.4) is 0 Å². The summed E-state index contributed by atoms with van der Waals surface area (Å²) in [6.45, 7) is 0. The molecule has 14 heavy (non-hydrogen) atoms. The van der Waals surface area contributed by atoms with E-state index in [1.54, 1.807) is 0 Å². The van der Waals surface area contributed by atoms with Crippen molar-refractivity contribution >= 4 is 44.6 Å². The van der Waals surface area contributed by atoms with Crippen LogP contribution in [0.1, 0.15) is 11.1 Å². The van der Waals surface area contributed by atoms with Gasteiger partial charge in [-0.05, 0) is 22.9 Å². The van der Waals surface area contributed by atoms with Gasteiger partial charge in [-0.3, -0.25) is 0 Å². The molecule has 0 atom stereocenters. The van der Waals surface area contributed by atoms with Crippen LogP contribution in [0.4, 0.5) is 0 Å². The largest absolute Gasteiger partial charge is 0.192 e. The van der Waals surface area contributed by atoms with Gasteiger partial charge in [-0.15, -0.1) is 22.9 Å². The molecule has 1 aromatic heterocycles. The van der Waals surface area contributed by atoms with Gasteiger partial charge in [0.25, 0.3) is 0 Å². The first-order valence-corrected chi connectivity index (χ1v) is 5.71. The Morgan fingerprint density at radius 2 is 2.29 bits per heavy atom. The molecular weight excluding hydrogens is 237 g/mol. The smallest absolute Gasteiger partial charge is 0.101 e. The summed E-state index contributed by atoms with van der Waals surface area (Å²) in [5.74, 6) is 0.273. The Bertz CT molecular complexity index is 525. The number of benzene rings is 1. The summed E-state index contributed by atoms with van der Waals surface area (Å²) >= 11 is 13.3. The lowest BCUT2D eigenvalue weighted by atomic mass is 10.1. The number of halogens is 2. The Morgan fingerprint density at radius 1 is 1.50 bits per heavy atom. The second-order valence-electron chi connectivity index (χ2n) is 2.80. The molecule has 2 aromatic rings. The molecule has 0 aliphatic carbocycles. The molecule has 0 saturated carbocycles. The molecule has 2 rings (SSSR count). The highest BCUT2D eigenvalue weighted by molar-refractivity contribution is 7.17. The lowest BCUT2D eigenvalue weighted by Crippen LogP contribution is -1.87. The summed E-state index contributed by atoms with van der Waals surface area (Å²) in [6, 6.07) is 5.96. The van der Waals surface area contributed by atoms with Gasteiger partial charge < -0.3 is 0 Å². The van der Waals surface area contributed by atoms with Gasteiger partial charge in [-0.25, -0.2) is 0 Å². The molecule has 1 heterocycles. The highest BCUT2D eigenvalue weighted by Crippen LogP contribution is 2.33. The van der Waals surface area contributed by atoms with Gasteiger partial charge in [0.15, 0.2) is 0 Å². The van der Waals surface area contributed by atoms with Gasteiger partial charge in [0.2, 0.25) is 0 Å². The number of rotatable bonds is 1. The zero-order valence-corrected chi connectivity index (χ0v) is 9.38. The van der Waals surface area contributed by atoms with Crippen molar-refractivity contribution in [1.82, 2.24) is 0 Å². The summed E-state index contributed by atoms with van der Waals surface area (Å²) in [5.41, 5.74) is 1.34. The molecule has 1 aromatic carbocycles. The molecule has 0 aliphatic rings. The van der Waals surface area contributed by atoms with Crippen molar-refractivity contribution in [3.8, 4) is 6.07 Å². The van der Waals surface area contributed by atoms with Crippen molar-refractivity contribution in [3.63, 3.8) is 0 Å². The summed E-state index contributed by atoms with van der Waals surface area (Å²) in [5, 5.41) is 12.6. The Hall–Kier alpha value is -0.750. The number of hydrogen-bond donors (Lipinski definition) is 0. The van der Waals surface area contributed by atoms with Crippen LogP contribution in [0.15, 0.2) is 17.5 Å². The van der Waals surface area contributed by atoms with Crippen molar-refractivity contribution in [1.29, 1.82) is 5.26 Å². The van der Waals surface area contributed by atoms with Crippen LogP contribution in [0.2, 0.25) is 5.02 Å². The van der Waals surface area contributed by atoms with Crippen molar-refractivity contribution in [2.45, 2.75) is 5.88 Å². The average Bonchev–Trinajstić information content (AvgIpc) is 2.62. The molecule has 0 saturated heterocycles. The zero-order chi connectivity index (χ0) is 10.1. The third-order valence-electron chi connectivity index (χ3n) is 2.04. The Balaban J connectivity index is 2.91. The van der Waals surface area contributed by atoms with E-state index >= 15 is 0 Å². The number of fused-ring (bicyclic) bond motifs is 1. The summed E-state index contributed by atoms with van der Waals surface area (Å²) in [4.78, 5) is 0. The molecule has 4 heteroatoms. The number of thiophene rings is 1. The van der Waals surface area contributed by atoms with E-state index in [1.807, 2.05) is 17.5 Å². The van der Waals surface area contributed by atoms with Crippen LogP contribution in [-0.2, 0) is 5.88 Å². The monoisotopic (exact) mass is 241 g/mol. The van der Waals surface area contributed by atoms with E-state index < -0.39 is 0 Å². The second kappa shape index (κ2) is 3.78. The molecule has 1 nitrogen and oxygen atoms in total. The Morgan fingerprint density at radius 3 is 2.93 bits per heavy atom. The minimum absolute atomic E-state index is 0.273.